The summed E-state index contributed by atoms with van der Waals surface area (Å²) in [5.41, 5.74) is 1.64. The molecule has 20 heavy (non-hydrogen) atoms. The third kappa shape index (κ3) is 1.46. The van der Waals surface area contributed by atoms with Gasteiger partial charge >= 0.3 is 0 Å². The molecule has 0 spiro atoms. The van der Waals surface area contributed by atoms with Crippen molar-refractivity contribution in [1.82, 2.24) is 10.1 Å². The highest BCUT2D eigenvalue weighted by Gasteiger charge is 2.30. The Morgan fingerprint density at radius 1 is 1.20 bits per heavy atom. The van der Waals surface area contributed by atoms with Crippen LogP contribution < -0.4 is 4.90 Å². The van der Waals surface area contributed by atoms with Gasteiger partial charge in [-0.25, -0.2) is 0 Å². The average molecular weight is 265 g/mol. The maximum Gasteiger partial charge on any atom is 0.259 e. The molecule has 2 aromatic carbocycles. The number of aromatic nitrogens is 2. The number of rotatable bonds is 2. The Morgan fingerprint density at radius 2 is 2.00 bits per heavy atom. The molecule has 0 bridgehead atoms. The monoisotopic (exact) mass is 265 g/mol. The highest BCUT2D eigenvalue weighted by atomic mass is 16.5. The molecule has 1 aliphatic rings. The van der Waals surface area contributed by atoms with E-state index in [4.69, 9.17) is 4.52 Å². The first kappa shape index (κ1) is 11.2. The van der Waals surface area contributed by atoms with E-state index in [0.29, 0.717) is 18.3 Å². The predicted molar refractivity (Wildman–Crippen MR) is 73.5 cm³/mol. The zero-order valence-electron chi connectivity index (χ0n) is 10.8. The second-order valence-corrected chi connectivity index (χ2v) is 4.80. The standard InChI is InChI=1S/C15H11N3O2/c1-9-16-13(17-20-9)8-18-12-7-3-5-10-4-2-6-11(14(10)12)15(18)19/h2-7H,8H2,1H3. The van der Waals surface area contributed by atoms with Crippen molar-refractivity contribution in [1.29, 1.82) is 0 Å². The van der Waals surface area contributed by atoms with Gasteiger partial charge in [0.25, 0.3) is 5.91 Å². The minimum atomic E-state index is -0.0146. The van der Waals surface area contributed by atoms with E-state index in [1.165, 1.54) is 0 Å². The Morgan fingerprint density at radius 3 is 2.75 bits per heavy atom. The van der Waals surface area contributed by atoms with Crippen LogP contribution in [0, 0.1) is 6.92 Å². The van der Waals surface area contributed by atoms with Crippen molar-refractivity contribution >= 4 is 22.4 Å². The Kier molecular flexibility index (Phi) is 2.18. The molecule has 0 saturated carbocycles. The zero-order valence-corrected chi connectivity index (χ0v) is 10.8. The van der Waals surface area contributed by atoms with Crippen molar-refractivity contribution in [3.05, 3.63) is 53.7 Å². The van der Waals surface area contributed by atoms with Gasteiger partial charge in [0, 0.05) is 17.9 Å². The van der Waals surface area contributed by atoms with Crippen LogP contribution in [0.25, 0.3) is 10.8 Å². The lowest BCUT2D eigenvalue weighted by molar-refractivity contribution is 0.0990. The van der Waals surface area contributed by atoms with Crippen LogP contribution in [0.1, 0.15) is 22.1 Å². The van der Waals surface area contributed by atoms with E-state index in [0.717, 1.165) is 22.0 Å². The number of anilines is 1. The van der Waals surface area contributed by atoms with Gasteiger partial charge in [-0.1, -0.05) is 29.4 Å². The van der Waals surface area contributed by atoms with Crippen molar-refractivity contribution < 1.29 is 9.32 Å². The van der Waals surface area contributed by atoms with Crippen molar-refractivity contribution in [2.45, 2.75) is 13.5 Å². The SMILES string of the molecule is Cc1nc(CN2C(=O)c3cccc4cccc2c34)no1. The number of aryl methyl sites for hydroxylation is 1. The molecule has 0 saturated heterocycles. The van der Waals surface area contributed by atoms with Gasteiger partial charge in [-0.15, -0.1) is 0 Å². The molecule has 5 heteroatoms. The van der Waals surface area contributed by atoms with Crippen LogP contribution in [-0.4, -0.2) is 16.0 Å². The highest BCUT2D eigenvalue weighted by Crippen LogP contribution is 2.37. The molecule has 0 radical (unpaired) electrons. The van der Waals surface area contributed by atoms with Crippen LogP contribution in [-0.2, 0) is 6.54 Å². The fourth-order valence-corrected chi connectivity index (χ4v) is 2.68. The van der Waals surface area contributed by atoms with E-state index in [1.54, 1.807) is 11.8 Å². The number of carbonyl (C=O) groups is 1. The molecule has 0 atom stereocenters. The Hall–Kier alpha value is -2.69. The lowest BCUT2D eigenvalue weighted by atomic mass is 10.1. The summed E-state index contributed by atoms with van der Waals surface area (Å²) in [6.45, 7) is 2.06. The fourth-order valence-electron chi connectivity index (χ4n) is 2.68. The van der Waals surface area contributed by atoms with Crippen molar-refractivity contribution in [3.63, 3.8) is 0 Å². The normalized spacial score (nSPS) is 13.4. The third-order valence-corrected chi connectivity index (χ3v) is 3.52. The van der Waals surface area contributed by atoms with Gasteiger partial charge in [0.15, 0.2) is 5.82 Å². The topological polar surface area (TPSA) is 59.2 Å². The summed E-state index contributed by atoms with van der Waals surface area (Å²) >= 11 is 0. The number of benzene rings is 2. The molecule has 4 rings (SSSR count). The second kappa shape index (κ2) is 3.90. The Labute approximate surface area is 114 Å². The molecule has 3 aromatic rings. The summed E-state index contributed by atoms with van der Waals surface area (Å²) < 4.78 is 4.96. The van der Waals surface area contributed by atoms with E-state index in [1.807, 2.05) is 36.4 Å². The Balaban J connectivity index is 1.84. The average Bonchev–Trinajstić information content (AvgIpc) is 2.98. The molecular weight excluding hydrogens is 254 g/mol. The predicted octanol–water partition coefficient (Wildman–Crippen LogP) is 2.69. The van der Waals surface area contributed by atoms with Crippen molar-refractivity contribution in [3.8, 4) is 0 Å². The number of carbonyl (C=O) groups excluding carboxylic acids is 1. The third-order valence-electron chi connectivity index (χ3n) is 3.52. The molecule has 98 valence electrons. The van der Waals surface area contributed by atoms with Gasteiger partial charge < -0.3 is 4.52 Å². The molecule has 2 heterocycles. The van der Waals surface area contributed by atoms with Gasteiger partial charge in [-0.05, 0) is 17.5 Å². The maximum absolute atomic E-state index is 12.5. The quantitative estimate of drug-likeness (QED) is 0.714. The van der Waals surface area contributed by atoms with Crippen LogP contribution in [0.4, 0.5) is 5.69 Å². The first-order chi connectivity index (χ1) is 9.74. The Bertz CT molecular complexity index is 833. The molecule has 1 aromatic heterocycles. The van der Waals surface area contributed by atoms with Crippen LogP contribution in [0.3, 0.4) is 0 Å². The first-order valence-corrected chi connectivity index (χ1v) is 6.37. The molecule has 0 N–H and O–H groups in total. The lowest BCUT2D eigenvalue weighted by Crippen LogP contribution is -2.26. The summed E-state index contributed by atoms with van der Waals surface area (Å²) in [7, 11) is 0. The minimum absolute atomic E-state index is 0.0146. The molecular formula is C15H11N3O2. The summed E-state index contributed by atoms with van der Waals surface area (Å²) in [4.78, 5) is 18.4. The van der Waals surface area contributed by atoms with Gasteiger partial charge in [0.1, 0.15) is 0 Å². The van der Waals surface area contributed by atoms with Crippen LogP contribution in [0.15, 0.2) is 40.9 Å². The number of hydrogen-bond acceptors (Lipinski definition) is 4. The first-order valence-electron chi connectivity index (χ1n) is 6.37. The van der Waals surface area contributed by atoms with E-state index in [2.05, 4.69) is 10.1 Å². The smallest absolute Gasteiger partial charge is 0.259 e. The van der Waals surface area contributed by atoms with Crippen LogP contribution in [0.5, 0.6) is 0 Å². The number of amides is 1. The van der Waals surface area contributed by atoms with E-state index in [-0.39, 0.29) is 5.91 Å². The van der Waals surface area contributed by atoms with E-state index in [9.17, 15) is 4.79 Å². The molecule has 0 unspecified atom stereocenters. The number of nitrogens with zero attached hydrogens (tertiary/aromatic N) is 3. The summed E-state index contributed by atoms with van der Waals surface area (Å²) in [5, 5.41) is 5.93. The second-order valence-electron chi connectivity index (χ2n) is 4.80. The van der Waals surface area contributed by atoms with Gasteiger partial charge in [0.05, 0.1) is 12.2 Å². The maximum atomic E-state index is 12.5. The summed E-state index contributed by atoms with van der Waals surface area (Å²) in [6.07, 6.45) is 0. The minimum Gasteiger partial charge on any atom is -0.340 e. The molecule has 0 aliphatic carbocycles. The molecule has 0 fully saturated rings. The summed E-state index contributed by atoms with van der Waals surface area (Å²) in [5.74, 6) is 1.00. The van der Waals surface area contributed by atoms with E-state index >= 15 is 0 Å². The summed E-state index contributed by atoms with van der Waals surface area (Å²) in [6, 6.07) is 11.7. The zero-order chi connectivity index (χ0) is 13.7. The fraction of sp³-hybridized carbons (Fsp3) is 0.133. The molecule has 5 nitrogen and oxygen atoms in total. The lowest BCUT2D eigenvalue weighted by Gasteiger charge is -2.15. The van der Waals surface area contributed by atoms with Crippen LogP contribution >= 0.6 is 0 Å². The van der Waals surface area contributed by atoms with Gasteiger partial charge in [-0.3, -0.25) is 9.69 Å². The molecule has 1 aliphatic heterocycles. The van der Waals surface area contributed by atoms with E-state index < -0.39 is 0 Å². The van der Waals surface area contributed by atoms with Crippen LogP contribution in [0.2, 0.25) is 0 Å². The largest absolute Gasteiger partial charge is 0.340 e. The van der Waals surface area contributed by atoms with Gasteiger partial charge in [-0.2, -0.15) is 4.98 Å². The van der Waals surface area contributed by atoms with Crippen molar-refractivity contribution in [2.75, 3.05) is 4.90 Å². The van der Waals surface area contributed by atoms with Crippen molar-refractivity contribution in [2.24, 2.45) is 0 Å². The molecule has 1 amide bonds. The van der Waals surface area contributed by atoms with Gasteiger partial charge in [0.2, 0.25) is 5.89 Å². The highest BCUT2D eigenvalue weighted by molar-refractivity contribution is 6.24. The number of hydrogen-bond donors (Lipinski definition) is 0.